The fraction of sp³-hybridized carbons (Fsp3) is 0.312. The second-order valence-electron chi connectivity index (χ2n) is 5.43. The van der Waals surface area contributed by atoms with Gasteiger partial charge < -0.3 is 5.32 Å². The molecule has 1 aliphatic heterocycles. The lowest BCUT2D eigenvalue weighted by atomic mass is 10.2. The van der Waals surface area contributed by atoms with Crippen LogP contribution >= 0.6 is 11.3 Å². The molecule has 0 spiro atoms. The van der Waals surface area contributed by atoms with Gasteiger partial charge in [0.1, 0.15) is 0 Å². The van der Waals surface area contributed by atoms with Gasteiger partial charge in [-0.1, -0.05) is 18.6 Å². The van der Waals surface area contributed by atoms with Crippen molar-refractivity contribution in [1.82, 2.24) is 4.31 Å². The predicted octanol–water partition coefficient (Wildman–Crippen LogP) is 3.18. The topological polar surface area (TPSA) is 66.5 Å². The molecule has 1 saturated heterocycles. The Morgan fingerprint density at radius 2 is 1.83 bits per heavy atom. The maximum absolute atomic E-state index is 12.9. The Morgan fingerprint density at radius 3 is 2.52 bits per heavy atom. The van der Waals surface area contributed by atoms with Crippen LogP contribution in [0.4, 0.5) is 5.69 Å². The van der Waals surface area contributed by atoms with Crippen molar-refractivity contribution in [2.75, 3.05) is 18.4 Å². The molecule has 5 nitrogen and oxygen atoms in total. The second kappa shape index (κ2) is 6.82. The van der Waals surface area contributed by atoms with Crippen LogP contribution in [-0.4, -0.2) is 31.7 Å². The zero-order chi connectivity index (χ0) is 16.3. The molecule has 0 aliphatic carbocycles. The second-order valence-corrected chi connectivity index (χ2v) is 8.11. The van der Waals surface area contributed by atoms with Gasteiger partial charge in [-0.15, -0.1) is 0 Å². The fourth-order valence-electron chi connectivity index (χ4n) is 2.66. The first kappa shape index (κ1) is 16.2. The molecule has 3 rings (SSSR count). The quantitative estimate of drug-likeness (QED) is 0.921. The summed E-state index contributed by atoms with van der Waals surface area (Å²) in [6.45, 7) is 1.03. The molecule has 1 aliphatic rings. The van der Waals surface area contributed by atoms with Crippen LogP contribution in [0, 0.1) is 0 Å². The molecule has 1 aromatic heterocycles. The van der Waals surface area contributed by atoms with Gasteiger partial charge in [-0.3, -0.25) is 4.79 Å². The average molecular weight is 350 g/mol. The molecule has 1 N–H and O–H groups in total. The monoisotopic (exact) mass is 350 g/mol. The Balaban J connectivity index is 1.92. The molecule has 0 radical (unpaired) electrons. The highest BCUT2D eigenvalue weighted by Gasteiger charge is 2.29. The number of carbonyl (C=O) groups excluding carboxylic acids is 1. The van der Waals surface area contributed by atoms with Gasteiger partial charge in [0, 0.05) is 18.5 Å². The number of nitrogens with zero attached hydrogens (tertiary/aromatic N) is 1. The molecule has 1 aromatic carbocycles. The van der Waals surface area contributed by atoms with Gasteiger partial charge in [0.05, 0.1) is 16.1 Å². The molecule has 1 fully saturated rings. The molecule has 0 saturated carbocycles. The Kier molecular flexibility index (Phi) is 4.79. The van der Waals surface area contributed by atoms with Crippen molar-refractivity contribution in [2.24, 2.45) is 0 Å². The van der Waals surface area contributed by atoms with Crippen molar-refractivity contribution in [3.63, 3.8) is 0 Å². The lowest BCUT2D eigenvalue weighted by molar-refractivity contribution is 0.102. The van der Waals surface area contributed by atoms with Gasteiger partial charge in [-0.05, 0) is 36.4 Å². The van der Waals surface area contributed by atoms with Crippen molar-refractivity contribution < 1.29 is 13.2 Å². The number of anilines is 1. The molecule has 1 amide bonds. The normalized spacial score (nSPS) is 16.2. The standard InChI is InChI=1S/C16H18N2O3S2/c19-16(17-13-8-11-22-12-13)14-6-2-3-7-15(14)23(20,21)18-9-4-1-5-10-18/h2-3,6-8,11-12H,1,4-5,9-10H2,(H,17,19). The first-order valence-electron chi connectivity index (χ1n) is 7.52. The van der Waals surface area contributed by atoms with Gasteiger partial charge >= 0.3 is 0 Å². The molecule has 0 atom stereocenters. The third kappa shape index (κ3) is 3.46. The summed E-state index contributed by atoms with van der Waals surface area (Å²) in [5.74, 6) is -0.403. The number of piperidine rings is 1. The van der Waals surface area contributed by atoms with Crippen LogP contribution in [-0.2, 0) is 10.0 Å². The number of nitrogens with one attached hydrogen (secondary N) is 1. The molecule has 0 bridgehead atoms. The van der Waals surface area contributed by atoms with E-state index in [9.17, 15) is 13.2 Å². The fourth-order valence-corrected chi connectivity index (χ4v) is 4.95. The van der Waals surface area contributed by atoms with E-state index in [2.05, 4.69) is 5.32 Å². The SMILES string of the molecule is O=C(Nc1ccsc1)c1ccccc1S(=O)(=O)N1CCCCC1. The Labute approximate surface area is 140 Å². The van der Waals surface area contributed by atoms with Crippen LogP contribution in [0.25, 0.3) is 0 Å². The van der Waals surface area contributed by atoms with Crippen molar-refractivity contribution in [3.8, 4) is 0 Å². The summed E-state index contributed by atoms with van der Waals surface area (Å²) in [7, 11) is -3.64. The number of amides is 1. The van der Waals surface area contributed by atoms with E-state index < -0.39 is 15.9 Å². The molecule has 23 heavy (non-hydrogen) atoms. The summed E-state index contributed by atoms with van der Waals surface area (Å²) >= 11 is 1.47. The number of carbonyl (C=O) groups is 1. The van der Waals surface area contributed by atoms with Gasteiger partial charge in [-0.2, -0.15) is 15.6 Å². The van der Waals surface area contributed by atoms with Gasteiger partial charge in [0.2, 0.25) is 10.0 Å². The zero-order valence-electron chi connectivity index (χ0n) is 12.6. The van der Waals surface area contributed by atoms with E-state index in [0.29, 0.717) is 18.8 Å². The largest absolute Gasteiger partial charge is 0.321 e. The van der Waals surface area contributed by atoms with Gasteiger partial charge in [0.15, 0.2) is 0 Å². The molecule has 122 valence electrons. The Morgan fingerprint density at radius 1 is 1.09 bits per heavy atom. The third-order valence-electron chi connectivity index (χ3n) is 3.84. The van der Waals surface area contributed by atoms with Crippen molar-refractivity contribution >= 4 is 33.0 Å². The van der Waals surface area contributed by atoms with Crippen LogP contribution in [0.3, 0.4) is 0 Å². The van der Waals surface area contributed by atoms with E-state index in [1.54, 1.807) is 29.6 Å². The highest BCUT2D eigenvalue weighted by Crippen LogP contribution is 2.24. The van der Waals surface area contributed by atoms with Crippen molar-refractivity contribution in [2.45, 2.75) is 24.2 Å². The Hall–Kier alpha value is -1.70. The van der Waals surface area contributed by atoms with E-state index in [1.807, 2.05) is 5.38 Å². The molecule has 0 unspecified atom stereocenters. The Bertz CT molecular complexity index is 779. The summed E-state index contributed by atoms with van der Waals surface area (Å²) in [6, 6.07) is 8.17. The van der Waals surface area contributed by atoms with Gasteiger partial charge in [-0.25, -0.2) is 8.42 Å². The number of hydrogen-bond acceptors (Lipinski definition) is 4. The van der Waals surface area contributed by atoms with Gasteiger partial charge in [0.25, 0.3) is 5.91 Å². The first-order chi connectivity index (χ1) is 11.1. The minimum absolute atomic E-state index is 0.0784. The maximum Gasteiger partial charge on any atom is 0.257 e. The van der Waals surface area contributed by atoms with Crippen molar-refractivity contribution in [1.29, 1.82) is 0 Å². The lowest BCUT2D eigenvalue weighted by Gasteiger charge is -2.26. The van der Waals surface area contributed by atoms with Crippen LogP contribution in [0.15, 0.2) is 46.0 Å². The number of hydrogen-bond donors (Lipinski definition) is 1. The molecule has 7 heteroatoms. The molecular weight excluding hydrogens is 332 g/mol. The summed E-state index contributed by atoms with van der Waals surface area (Å²) in [5.41, 5.74) is 0.856. The highest BCUT2D eigenvalue weighted by molar-refractivity contribution is 7.89. The minimum atomic E-state index is -3.64. The number of rotatable bonds is 4. The number of benzene rings is 1. The zero-order valence-corrected chi connectivity index (χ0v) is 14.2. The summed E-state index contributed by atoms with van der Waals surface area (Å²) in [6.07, 6.45) is 2.78. The highest BCUT2D eigenvalue weighted by atomic mass is 32.2. The summed E-state index contributed by atoms with van der Waals surface area (Å²) < 4.78 is 27.2. The van der Waals surface area contributed by atoms with E-state index in [4.69, 9.17) is 0 Å². The third-order valence-corrected chi connectivity index (χ3v) is 6.48. The maximum atomic E-state index is 12.9. The van der Waals surface area contributed by atoms with Crippen LogP contribution in [0.1, 0.15) is 29.6 Å². The van der Waals surface area contributed by atoms with E-state index in [1.165, 1.54) is 21.7 Å². The predicted molar refractivity (Wildman–Crippen MR) is 91.3 cm³/mol. The van der Waals surface area contributed by atoms with Crippen LogP contribution in [0.5, 0.6) is 0 Å². The molecule has 2 aromatic rings. The number of thiophene rings is 1. The molecule has 2 heterocycles. The molecular formula is C16H18N2O3S2. The minimum Gasteiger partial charge on any atom is -0.321 e. The van der Waals surface area contributed by atoms with E-state index >= 15 is 0 Å². The van der Waals surface area contributed by atoms with Crippen LogP contribution < -0.4 is 5.32 Å². The smallest absolute Gasteiger partial charge is 0.257 e. The number of sulfonamides is 1. The summed E-state index contributed by atoms with van der Waals surface area (Å²) in [5, 5.41) is 6.40. The average Bonchev–Trinajstić information content (AvgIpc) is 3.08. The lowest BCUT2D eigenvalue weighted by Crippen LogP contribution is -2.36. The van der Waals surface area contributed by atoms with E-state index in [0.717, 1.165) is 19.3 Å². The van der Waals surface area contributed by atoms with E-state index in [-0.39, 0.29) is 10.5 Å². The van der Waals surface area contributed by atoms with Crippen molar-refractivity contribution in [3.05, 3.63) is 46.7 Å². The first-order valence-corrected chi connectivity index (χ1v) is 9.90. The van der Waals surface area contributed by atoms with Crippen LogP contribution in [0.2, 0.25) is 0 Å². The summed E-state index contributed by atoms with van der Waals surface area (Å²) in [4.78, 5) is 12.6.